The minimum atomic E-state index is -1.12. The Morgan fingerprint density at radius 2 is 1.83 bits per heavy atom. The van der Waals surface area contributed by atoms with E-state index in [1.807, 2.05) is 27.7 Å². The molecule has 1 fully saturated rings. The molecule has 23 heavy (non-hydrogen) atoms. The number of carbonyl (C=O) groups is 1. The van der Waals surface area contributed by atoms with Gasteiger partial charge in [0.15, 0.2) is 0 Å². The lowest BCUT2D eigenvalue weighted by atomic mass is 9.80. The summed E-state index contributed by atoms with van der Waals surface area (Å²) in [6.07, 6.45) is 0.202. The first kappa shape index (κ1) is 18.3. The topological polar surface area (TPSA) is 48.0 Å². The number of carbonyl (C=O) groups excluding carboxylic acids is 1. The van der Waals surface area contributed by atoms with Crippen molar-refractivity contribution < 1.29 is 23.2 Å². The van der Waals surface area contributed by atoms with E-state index in [1.165, 1.54) is 4.90 Å². The van der Waals surface area contributed by atoms with Crippen molar-refractivity contribution in [3.05, 3.63) is 11.7 Å². The molecule has 130 valence electrons. The average molecular weight is 327 g/mol. The van der Waals surface area contributed by atoms with E-state index in [9.17, 15) is 9.18 Å². The number of nitrogens with zero attached hydrogens (tertiary/aromatic N) is 1. The van der Waals surface area contributed by atoms with Crippen molar-refractivity contribution in [2.24, 2.45) is 0 Å². The van der Waals surface area contributed by atoms with Crippen LogP contribution >= 0.6 is 0 Å². The van der Waals surface area contributed by atoms with Gasteiger partial charge in [-0.25, -0.2) is 9.18 Å². The van der Waals surface area contributed by atoms with E-state index in [-0.39, 0.29) is 13.0 Å². The third-order valence-electron chi connectivity index (χ3n) is 4.38. The molecule has 1 saturated heterocycles. The summed E-state index contributed by atoms with van der Waals surface area (Å²) in [7, 11) is -0.708. The third-order valence-corrected chi connectivity index (χ3v) is 4.38. The number of rotatable bonds is 1. The third kappa shape index (κ3) is 3.88. The second kappa shape index (κ2) is 5.78. The van der Waals surface area contributed by atoms with Crippen LogP contribution in [0, 0.1) is 0 Å². The zero-order valence-corrected chi connectivity index (χ0v) is 15.1. The lowest BCUT2D eigenvalue weighted by molar-refractivity contribution is 0.00578. The molecule has 0 bridgehead atoms. The van der Waals surface area contributed by atoms with E-state index in [0.717, 1.165) is 0 Å². The van der Waals surface area contributed by atoms with Crippen molar-refractivity contribution in [2.45, 2.75) is 77.9 Å². The number of hydrogen-bond acceptors (Lipinski definition) is 4. The molecule has 1 atom stereocenters. The average Bonchev–Trinajstić information content (AvgIpc) is 2.56. The Morgan fingerprint density at radius 3 is 2.30 bits per heavy atom. The highest BCUT2D eigenvalue weighted by molar-refractivity contribution is 6.54. The summed E-state index contributed by atoms with van der Waals surface area (Å²) >= 11 is 0. The summed E-state index contributed by atoms with van der Waals surface area (Å²) in [6.45, 7) is 13.0. The van der Waals surface area contributed by atoms with E-state index in [0.29, 0.717) is 5.60 Å². The van der Waals surface area contributed by atoms with Crippen LogP contribution in [0.25, 0.3) is 0 Å². The van der Waals surface area contributed by atoms with Crippen LogP contribution in [0.5, 0.6) is 0 Å². The standard InChI is InChI=1S/C16H27BFNO4/c1-14(2,3)21-13(20)19-10-11(18)8-9-12(19)17-22-15(4,5)16(6,7)23-17/h9,11H,8,10H2,1-7H3. The quantitative estimate of drug-likeness (QED) is 0.692. The molecule has 0 N–H and O–H groups in total. The highest BCUT2D eigenvalue weighted by atomic mass is 19.1. The predicted octanol–water partition coefficient (Wildman–Crippen LogP) is 3.48. The lowest BCUT2D eigenvalue weighted by Gasteiger charge is -2.33. The molecular weight excluding hydrogens is 300 g/mol. The maximum atomic E-state index is 13.8. The SMILES string of the molecule is CC(C)(C)OC(=O)N1CC(F)CC=C1B1OC(C)(C)C(C)(C)O1. The Hall–Kier alpha value is -1.08. The van der Waals surface area contributed by atoms with Gasteiger partial charge in [-0.2, -0.15) is 0 Å². The summed E-state index contributed by atoms with van der Waals surface area (Å²) < 4.78 is 31.2. The van der Waals surface area contributed by atoms with Gasteiger partial charge in [0.25, 0.3) is 0 Å². The molecule has 0 spiro atoms. The molecule has 7 heteroatoms. The van der Waals surface area contributed by atoms with Gasteiger partial charge in [0.05, 0.1) is 23.3 Å². The molecule has 2 aliphatic rings. The van der Waals surface area contributed by atoms with Crippen molar-refractivity contribution >= 4 is 13.2 Å². The molecular formula is C16H27BFNO4. The Balaban J connectivity index is 2.23. The van der Waals surface area contributed by atoms with Gasteiger partial charge in [-0.05, 0) is 54.9 Å². The highest BCUT2D eigenvalue weighted by Gasteiger charge is 2.54. The summed E-state index contributed by atoms with van der Waals surface area (Å²) in [5, 5.41) is 0. The summed E-state index contributed by atoms with van der Waals surface area (Å²) in [6, 6.07) is 0. The first-order valence-electron chi connectivity index (χ1n) is 8.03. The van der Waals surface area contributed by atoms with Gasteiger partial charge >= 0.3 is 13.2 Å². The molecule has 2 rings (SSSR count). The van der Waals surface area contributed by atoms with E-state index >= 15 is 0 Å². The van der Waals surface area contributed by atoms with Crippen LogP contribution in [0.1, 0.15) is 54.9 Å². The molecule has 0 aromatic heterocycles. The molecule has 0 saturated carbocycles. The number of halogens is 1. The second-order valence-corrected chi connectivity index (χ2v) is 8.14. The fraction of sp³-hybridized carbons (Fsp3) is 0.812. The molecule has 0 aromatic carbocycles. The van der Waals surface area contributed by atoms with Crippen LogP contribution < -0.4 is 0 Å². The molecule has 0 radical (unpaired) electrons. The summed E-state index contributed by atoms with van der Waals surface area (Å²) in [5.41, 5.74) is -1.18. The van der Waals surface area contributed by atoms with Gasteiger partial charge < -0.3 is 14.0 Å². The van der Waals surface area contributed by atoms with Gasteiger partial charge in [0, 0.05) is 0 Å². The van der Waals surface area contributed by atoms with Crippen molar-refractivity contribution in [2.75, 3.05) is 6.54 Å². The van der Waals surface area contributed by atoms with Gasteiger partial charge in [-0.1, -0.05) is 6.08 Å². The first-order chi connectivity index (χ1) is 10.3. The second-order valence-electron chi connectivity index (χ2n) is 8.14. The van der Waals surface area contributed by atoms with Gasteiger partial charge in [-0.15, -0.1) is 0 Å². The summed E-state index contributed by atoms with van der Waals surface area (Å²) in [5.74, 6) is 0. The van der Waals surface area contributed by atoms with Crippen LogP contribution in [-0.2, 0) is 14.0 Å². The van der Waals surface area contributed by atoms with Crippen molar-refractivity contribution in [1.29, 1.82) is 0 Å². The van der Waals surface area contributed by atoms with Crippen molar-refractivity contribution in [3.63, 3.8) is 0 Å². The summed E-state index contributed by atoms with van der Waals surface area (Å²) in [4.78, 5) is 13.7. The Bertz CT molecular complexity index is 497. The lowest BCUT2D eigenvalue weighted by Crippen LogP contribution is -2.46. The molecule has 0 aromatic rings. The molecule has 1 amide bonds. The Kier molecular flexibility index (Phi) is 4.59. The minimum absolute atomic E-state index is 0.0508. The van der Waals surface area contributed by atoms with Crippen LogP contribution in [0.15, 0.2) is 11.7 Å². The van der Waals surface area contributed by atoms with Crippen LogP contribution in [-0.4, -0.2) is 47.6 Å². The van der Waals surface area contributed by atoms with Crippen LogP contribution in [0.3, 0.4) is 0 Å². The fourth-order valence-corrected chi connectivity index (χ4v) is 2.42. The molecule has 1 unspecified atom stereocenters. The molecule has 2 aliphatic heterocycles. The number of ether oxygens (including phenoxy) is 1. The van der Waals surface area contributed by atoms with Crippen LogP contribution in [0.2, 0.25) is 0 Å². The largest absolute Gasteiger partial charge is 0.512 e. The highest BCUT2D eigenvalue weighted by Crippen LogP contribution is 2.40. The van der Waals surface area contributed by atoms with E-state index < -0.39 is 36.2 Å². The van der Waals surface area contributed by atoms with Gasteiger partial charge in [0.1, 0.15) is 11.8 Å². The number of hydrogen-bond donors (Lipinski definition) is 0. The van der Waals surface area contributed by atoms with Gasteiger partial charge in [-0.3, -0.25) is 4.90 Å². The predicted molar refractivity (Wildman–Crippen MR) is 86.6 cm³/mol. The zero-order valence-electron chi connectivity index (χ0n) is 15.1. The molecule has 2 heterocycles. The van der Waals surface area contributed by atoms with Crippen molar-refractivity contribution in [3.8, 4) is 0 Å². The van der Waals surface area contributed by atoms with Crippen LogP contribution in [0.4, 0.5) is 9.18 Å². The maximum Gasteiger partial charge on any atom is 0.512 e. The van der Waals surface area contributed by atoms with E-state index in [2.05, 4.69) is 0 Å². The smallest absolute Gasteiger partial charge is 0.443 e. The Labute approximate surface area is 138 Å². The monoisotopic (exact) mass is 327 g/mol. The number of amides is 1. The van der Waals surface area contributed by atoms with Gasteiger partial charge in [0.2, 0.25) is 0 Å². The van der Waals surface area contributed by atoms with Crippen molar-refractivity contribution in [1.82, 2.24) is 4.90 Å². The first-order valence-corrected chi connectivity index (χ1v) is 8.03. The maximum absolute atomic E-state index is 13.8. The van der Waals surface area contributed by atoms with E-state index in [4.69, 9.17) is 14.0 Å². The molecule has 0 aliphatic carbocycles. The number of alkyl halides is 1. The van der Waals surface area contributed by atoms with E-state index in [1.54, 1.807) is 26.8 Å². The number of allylic oxidation sites excluding steroid dienone is 1. The minimum Gasteiger partial charge on any atom is -0.443 e. The Morgan fingerprint density at radius 1 is 1.30 bits per heavy atom. The fourth-order valence-electron chi connectivity index (χ4n) is 2.42. The normalized spacial score (nSPS) is 27.0. The zero-order chi connectivity index (χ0) is 17.6. The molecule has 5 nitrogen and oxygen atoms in total.